The summed E-state index contributed by atoms with van der Waals surface area (Å²) in [6, 6.07) is 2.05. The number of amides is 1. The van der Waals surface area contributed by atoms with E-state index in [4.69, 9.17) is 0 Å². The van der Waals surface area contributed by atoms with Crippen LogP contribution in [0, 0.1) is 6.92 Å². The first-order valence-electron chi connectivity index (χ1n) is 6.26. The second-order valence-corrected chi connectivity index (χ2v) is 5.93. The van der Waals surface area contributed by atoms with Gasteiger partial charge in [-0.05, 0) is 20.8 Å². The van der Waals surface area contributed by atoms with Gasteiger partial charge in [0.25, 0.3) is 0 Å². The molecule has 6 heteroatoms. The van der Waals surface area contributed by atoms with E-state index in [2.05, 4.69) is 29.6 Å². The maximum absolute atomic E-state index is 12.1. The summed E-state index contributed by atoms with van der Waals surface area (Å²) in [4.78, 5) is 12.1. The lowest BCUT2D eigenvalue weighted by Crippen LogP contribution is -2.46. The number of rotatable bonds is 3. The van der Waals surface area contributed by atoms with Crippen molar-refractivity contribution in [2.24, 2.45) is 0 Å². The highest BCUT2D eigenvalue weighted by Gasteiger charge is 2.22. The Morgan fingerprint density at radius 2 is 2.44 bits per heavy atom. The normalized spacial score (nSPS) is 20.1. The number of carbonyl (C=O) groups excluding carboxylic acids is 1. The fourth-order valence-corrected chi connectivity index (χ4v) is 2.88. The standard InChI is InChI=1S/C12H20N4OS/c1-8(2)16-11(6-9(3)15-16)14-12(17)10-7-18-5-4-13-10/h6,8,10,13H,4-5,7H2,1-3H3,(H,14,17). The zero-order valence-electron chi connectivity index (χ0n) is 11.1. The van der Waals surface area contributed by atoms with Crippen LogP contribution < -0.4 is 10.6 Å². The summed E-state index contributed by atoms with van der Waals surface area (Å²) in [6.45, 7) is 6.93. The highest BCUT2D eigenvalue weighted by Crippen LogP contribution is 2.17. The van der Waals surface area contributed by atoms with E-state index in [0.717, 1.165) is 29.6 Å². The van der Waals surface area contributed by atoms with Crippen LogP contribution in [0.3, 0.4) is 0 Å². The monoisotopic (exact) mass is 268 g/mol. The molecule has 100 valence electrons. The molecule has 1 amide bonds. The van der Waals surface area contributed by atoms with E-state index in [1.54, 1.807) is 0 Å². The summed E-state index contributed by atoms with van der Waals surface area (Å²) < 4.78 is 1.85. The number of aryl methyl sites for hydroxylation is 1. The Bertz CT molecular complexity index is 424. The number of hydrogen-bond acceptors (Lipinski definition) is 4. The highest BCUT2D eigenvalue weighted by molar-refractivity contribution is 7.99. The minimum Gasteiger partial charge on any atom is -0.309 e. The first-order valence-corrected chi connectivity index (χ1v) is 7.41. The molecule has 1 aromatic rings. The Hall–Kier alpha value is -1.01. The van der Waals surface area contributed by atoms with Crippen LogP contribution in [0.1, 0.15) is 25.6 Å². The van der Waals surface area contributed by atoms with E-state index < -0.39 is 0 Å². The van der Waals surface area contributed by atoms with Crippen LogP contribution >= 0.6 is 11.8 Å². The maximum Gasteiger partial charge on any atom is 0.243 e. The molecule has 1 saturated heterocycles. The number of anilines is 1. The zero-order chi connectivity index (χ0) is 13.1. The Balaban J connectivity index is 2.06. The molecule has 0 aliphatic carbocycles. The molecule has 0 bridgehead atoms. The van der Waals surface area contributed by atoms with Gasteiger partial charge in [0, 0.05) is 30.2 Å². The van der Waals surface area contributed by atoms with Crippen LogP contribution in [-0.2, 0) is 4.79 Å². The summed E-state index contributed by atoms with van der Waals surface area (Å²) in [6.07, 6.45) is 0. The number of nitrogens with one attached hydrogen (secondary N) is 2. The summed E-state index contributed by atoms with van der Waals surface area (Å²) in [7, 11) is 0. The highest BCUT2D eigenvalue weighted by atomic mass is 32.2. The van der Waals surface area contributed by atoms with Crippen molar-refractivity contribution in [2.75, 3.05) is 23.4 Å². The van der Waals surface area contributed by atoms with E-state index in [1.165, 1.54) is 0 Å². The number of hydrogen-bond donors (Lipinski definition) is 2. The van der Waals surface area contributed by atoms with Crippen molar-refractivity contribution in [1.29, 1.82) is 0 Å². The Kier molecular flexibility index (Phi) is 4.29. The third-order valence-corrected chi connectivity index (χ3v) is 3.90. The molecule has 1 fully saturated rings. The van der Waals surface area contributed by atoms with Crippen molar-refractivity contribution in [3.8, 4) is 0 Å². The van der Waals surface area contributed by atoms with Crippen LogP contribution in [0.25, 0.3) is 0 Å². The zero-order valence-corrected chi connectivity index (χ0v) is 11.9. The molecular weight excluding hydrogens is 248 g/mol. The van der Waals surface area contributed by atoms with Crippen molar-refractivity contribution in [3.05, 3.63) is 11.8 Å². The third kappa shape index (κ3) is 3.05. The van der Waals surface area contributed by atoms with Gasteiger partial charge in [-0.25, -0.2) is 4.68 Å². The molecule has 2 rings (SSSR count). The van der Waals surface area contributed by atoms with Gasteiger partial charge in [0.15, 0.2) is 0 Å². The Morgan fingerprint density at radius 3 is 3.06 bits per heavy atom. The van der Waals surface area contributed by atoms with Crippen molar-refractivity contribution < 1.29 is 4.79 Å². The Labute approximate surface area is 112 Å². The van der Waals surface area contributed by atoms with Crippen LogP contribution in [0.2, 0.25) is 0 Å². The predicted molar refractivity (Wildman–Crippen MR) is 75.1 cm³/mol. The van der Waals surface area contributed by atoms with Gasteiger partial charge in [-0.3, -0.25) is 4.79 Å². The quantitative estimate of drug-likeness (QED) is 0.870. The van der Waals surface area contributed by atoms with Gasteiger partial charge in [-0.2, -0.15) is 16.9 Å². The lowest BCUT2D eigenvalue weighted by atomic mass is 10.3. The van der Waals surface area contributed by atoms with E-state index in [9.17, 15) is 4.79 Å². The molecule has 1 aliphatic heterocycles. The maximum atomic E-state index is 12.1. The molecule has 1 aromatic heterocycles. The van der Waals surface area contributed by atoms with E-state index >= 15 is 0 Å². The first kappa shape index (κ1) is 13.4. The molecule has 0 spiro atoms. The number of nitrogens with zero attached hydrogens (tertiary/aromatic N) is 2. The number of thioether (sulfide) groups is 1. The van der Waals surface area contributed by atoms with Crippen molar-refractivity contribution in [2.45, 2.75) is 32.9 Å². The minimum absolute atomic E-state index is 0.0315. The van der Waals surface area contributed by atoms with E-state index in [1.807, 2.05) is 29.4 Å². The smallest absolute Gasteiger partial charge is 0.243 e. The van der Waals surface area contributed by atoms with Gasteiger partial charge in [0.2, 0.25) is 5.91 Å². The SMILES string of the molecule is Cc1cc(NC(=O)C2CSCCN2)n(C(C)C)n1. The molecule has 0 saturated carbocycles. The molecule has 2 heterocycles. The second kappa shape index (κ2) is 5.75. The van der Waals surface area contributed by atoms with Crippen molar-refractivity contribution in [1.82, 2.24) is 15.1 Å². The number of carbonyl (C=O) groups is 1. The topological polar surface area (TPSA) is 59.0 Å². The molecule has 2 N–H and O–H groups in total. The van der Waals surface area contributed by atoms with Gasteiger partial charge < -0.3 is 10.6 Å². The molecule has 0 aromatic carbocycles. The van der Waals surface area contributed by atoms with E-state index in [0.29, 0.717) is 0 Å². The fourth-order valence-electron chi connectivity index (χ4n) is 1.95. The average molecular weight is 268 g/mol. The molecule has 5 nitrogen and oxygen atoms in total. The van der Waals surface area contributed by atoms with Crippen LogP contribution in [-0.4, -0.2) is 39.8 Å². The lowest BCUT2D eigenvalue weighted by molar-refractivity contribution is -0.117. The van der Waals surface area contributed by atoms with E-state index in [-0.39, 0.29) is 18.0 Å². The van der Waals surface area contributed by atoms with Gasteiger partial charge in [0.05, 0.1) is 11.7 Å². The molecular formula is C12H20N4OS. The molecule has 0 radical (unpaired) electrons. The van der Waals surface area contributed by atoms with Gasteiger partial charge in [-0.1, -0.05) is 0 Å². The lowest BCUT2D eigenvalue weighted by Gasteiger charge is -2.22. The predicted octanol–water partition coefficient (Wildman–Crippen LogP) is 1.42. The van der Waals surface area contributed by atoms with Gasteiger partial charge >= 0.3 is 0 Å². The van der Waals surface area contributed by atoms with Crippen LogP contribution in [0.15, 0.2) is 6.07 Å². The average Bonchev–Trinajstić information content (AvgIpc) is 2.71. The molecule has 18 heavy (non-hydrogen) atoms. The molecule has 1 unspecified atom stereocenters. The summed E-state index contributed by atoms with van der Waals surface area (Å²) in [5, 5.41) is 10.6. The second-order valence-electron chi connectivity index (χ2n) is 4.78. The van der Waals surface area contributed by atoms with Gasteiger partial charge in [0.1, 0.15) is 5.82 Å². The first-order chi connectivity index (χ1) is 8.58. The van der Waals surface area contributed by atoms with Crippen molar-refractivity contribution >= 4 is 23.5 Å². The third-order valence-electron chi connectivity index (χ3n) is 2.84. The summed E-state index contributed by atoms with van der Waals surface area (Å²) >= 11 is 1.81. The summed E-state index contributed by atoms with van der Waals surface area (Å²) in [5.74, 6) is 2.72. The molecule has 1 atom stereocenters. The van der Waals surface area contributed by atoms with Crippen molar-refractivity contribution in [3.63, 3.8) is 0 Å². The number of aromatic nitrogens is 2. The largest absolute Gasteiger partial charge is 0.309 e. The minimum atomic E-state index is -0.0976. The Morgan fingerprint density at radius 1 is 1.67 bits per heavy atom. The van der Waals surface area contributed by atoms with Gasteiger partial charge in [-0.15, -0.1) is 0 Å². The van der Waals surface area contributed by atoms with Crippen LogP contribution in [0.5, 0.6) is 0 Å². The summed E-state index contributed by atoms with van der Waals surface area (Å²) in [5.41, 5.74) is 0.921. The van der Waals surface area contributed by atoms with Crippen LogP contribution in [0.4, 0.5) is 5.82 Å². The molecule has 1 aliphatic rings. The fraction of sp³-hybridized carbons (Fsp3) is 0.667.